The highest BCUT2D eigenvalue weighted by Crippen LogP contribution is 2.17. The van der Waals surface area contributed by atoms with E-state index in [0.717, 1.165) is 53.9 Å². The van der Waals surface area contributed by atoms with Crippen molar-refractivity contribution in [3.05, 3.63) is 94.3 Å². The molecule has 0 atom stereocenters. The van der Waals surface area contributed by atoms with Crippen LogP contribution in [0.2, 0.25) is 0 Å². The van der Waals surface area contributed by atoms with Crippen molar-refractivity contribution in [3.63, 3.8) is 0 Å². The largest absolute Gasteiger partial charge is 0.348 e. The number of nitrogens with two attached hydrogens (primary N) is 1. The summed E-state index contributed by atoms with van der Waals surface area (Å²) >= 11 is 0. The Labute approximate surface area is 173 Å². The van der Waals surface area contributed by atoms with Gasteiger partial charge < -0.3 is 15.6 Å². The molecule has 0 aliphatic rings. The smallest absolute Gasteiger partial charge is 0.253 e. The van der Waals surface area contributed by atoms with Gasteiger partial charge >= 0.3 is 0 Å². The molecule has 4 nitrogen and oxygen atoms in total. The van der Waals surface area contributed by atoms with Crippen molar-refractivity contribution in [1.82, 2.24) is 9.88 Å². The Morgan fingerprint density at radius 1 is 0.931 bits per heavy atom. The molecular weight excluding hydrogens is 358 g/mol. The summed E-state index contributed by atoms with van der Waals surface area (Å²) in [5.74, 6) is -0.0171. The van der Waals surface area contributed by atoms with E-state index in [0.29, 0.717) is 13.1 Å². The molecule has 1 heterocycles. The van der Waals surface area contributed by atoms with E-state index in [1.165, 1.54) is 5.56 Å². The highest BCUT2D eigenvalue weighted by molar-refractivity contribution is 5.95. The lowest BCUT2D eigenvalue weighted by molar-refractivity contribution is 0.0950. The van der Waals surface area contributed by atoms with Crippen molar-refractivity contribution in [2.45, 2.75) is 52.7 Å². The fraction of sp³-hybridized carbons (Fsp3) is 0.320. The van der Waals surface area contributed by atoms with E-state index in [4.69, 9.17) is 5.73 Å². The second-order valence-electron chi connectivity index (χ2n) is 7.58. The van der Waals surface area contributed by atoms with E-state index < -0.39 is 0 Å². The number of hydrogen-bond acceptors (Lipinski definition) is 2. The first-order valence-electron chi connectivity index (χ1n) is 10.3. The minimum atomic E-state index is -0.0171. The number of carbonyl (C=O) groups excluding carboxylic acids is 1. The van der Waals surface area contributed by atoms with Gasteiger partial charge in [-0.2, -0.15) is 0 Å². The Bertz CT molecular complexity index is 927. The predicted molar refractivity (Wildman–Crippen MR) is 119 cm³/mol. The lowest BCUT2D eigenvalue weighted by Crippen LogP contribution is -2.23. The van der Waals surface area contributed by atoms with Gasteiger partial charge in [-0.3, -0.25) is 4.79 Å². The normalized spacial score (nSPS) is 10.9. The number of aromatic nitrogens is 1. The molecule has 2 aromatic carbocycles. The van der Waals surface area contributed by atoms with E-state index in [1.54, 1.807) is 0 Å². The summed E-state index contributed by atoms with van der Waals surface area (Å²) in [5.41, 5.74) is 12.1. The van der Waals surface area contributed by atoms with Crippen LogP contribution in [0.25, 0.3) is 0 Å². The van der Waals surface area contributed by atoms with Gasteiger partial charge in [0.1, 0.15) is 0 Å². The molecule has 3 rings (SSSR count). The Morgan fingerprint density at radius 3 is 2.31 bits per heavy atom. The van der Waals surface area contributed by atoms with Gasteiger partial charge in [-0.05, 0) is 55.9 Å². The van der Waals surface area contributed by atoms with E-state index in [9.17, 15) is 4.79 Å². The van der Waals surface area contributed by atoms with Gasteiger partial charge in [0.25, 0.3) is 5.91 Å². The van der Waals surface area contributed by atoms with Crippen molar-refractivity contribution in [2.75, 3.05) is 0 Å². The quantitative estimate of drug-likeness (QED) is 0.529. The molecule has 0 fully saturated rings. The number of nitrogens with one attached hydrogen (secondary N) is 1. The first-order valence-corrected chi connectivity index (χ1v) is 10.3. The summed E-state index contributed by atoms with van der Waals surface area (Å²) in [6.45, 7) is 6.11. The number of aryl methyl sites for hydroxylation is 2. The average molecular weight is 390 g/mol. The van der Waals surface area contributed by atoms with Crippen LogP contribution in [0.4, 0.5) is 0 Å². The molecule has 0 saturated heterocycles. The summed E-state index contributed by atoms with van der Waals surface area (Å²) in [6.07, 6.45) is 3.33. The molecule has 1 aromatic heterocycles. The Hall–Kier alpha value is -2.85. The fourth-order valence-corrected chi connectivity index (χ4v) is 3.69. The number of amides is 1. The summed E-state index contributed by atoms with van der Waals surface area (Å²) < 4.78 is 2.26. The number of hydrogen-bond donors (Lipinski definition) is 2. The molecule has 29 heavy (non-hydrogen) atoms. The first-order chi connectivity index (χ1) is 14.1. The lowest BCUT2D eigenvalue weighted by atomic mass is 10.1. The molecular formula is C25H31N3O. The highest BCUT2D eigenvalue weighted by atomic mass is 16.1. The summed E-state index contributed by atoms with van der Waals surface area (Å²) in [6, 6.07) is 20.6. The van der Waals surface area contributed by atoms with Crippen molar-refractivity contribution in [2.24, 2.45) is 5.73 Å². The topological polar surface area (TPSA) is 60.1 Å². The van der Waals surface area contributed by atoms with Crippen LogP contribution in [0.1, 0.15) is 51.3 Å². The lowest BCUT2D eigenvalue weighted by Gasteiger charge is -2.10. The maximum Gasteiger partial charge on any atom is 0.253 e. The number of benzene rings is 2. The van der Waals surface area contributed by atoms with Crippen molar-refractivity contribution >= 4 is 5.91 Å². The van der Waals surface area contributed by atoms with E-state index in [-0.39, 0.29) is 5.91 Å². The summed E-state index contributed by atoms with van der Waals surface area (Å²) in [7, 11) is 0. The van der Waals surface area contributed by atoms with Crippen LogP contribution in [0.15, 0.2) is 60.7 Å². The van der Waals surface area contributed by atoms with Gasteiger partial charge in [0, 0.05) is 31.0 Å². The predicted octanol–water partition coefficient (Wildman–Crippen LogP) is 4.52. The molecule has 0 saturated carbocycles. The fourth-order valence-electron chi connectivity index (χ4n) is 3.69. The average Bonchev–Trinajstić information content (AvgIpc) is 3.04. The third kappa shape index (κ3) is 5.58. The Kier molecular flexibility index (Phi) is 7.25. The number of nitrogens with zero attached hydrogens (tertiary/aromatic N) is 1. The molecule has 0 radical (unpaired) electrons. The Balaban J connectivity index is 1.53. The molecule has 0 unspecified atom stereocenters. The molecule has 1 amide bonds. The van der Waals surface area contributed by atoms with E-state index in [2.05, 4.69) is 47.1 Å². The van der Waals surface area contributed by atoms with Crippen LogP contribution >= 0.6 is 0 Å². The number of unbranched alkanes of at least 4 members (excludes halogenated alkanes) is 1. The van der Waals surface area contributed by atoms with Gasteiger partial charge in [-0.1, -0.05) is 54.6 Å². The van der Waals surface area contributed by atoms with Gasteiger partial charge in [0.2, 0.25) is 0 Å². The summed E-state index contributed by atoms with van der Waals surface area (Å²) in [4.78, 5) is 12.7. The zero-order valence-electron chi connectivity index (χ0n) is 17.4. The molecule has 0 spiro atoms. The standard InChI is InChI=1S/C25H31N3O/c1-19-16-24(25(29)27-18-23-13-11-22(17-26)12-14-23)20(2)28(19)15-7-6-10-21-8-4-3-5-9-21/h3-5,8-9,11-14,16H,6-7,10,15,17-18,26H2,1-2H3,(H,27,29). The van der Waals surface area contributed by atoms with Crippen LogP contribution in [-0.4, -0.2) is 10.5 Å². The third-order valence-electron chi connectivity index (χ3n) is 5.47. The molecule has 4 heteroatoms. The molecule has 3 N–H and O–H groups in total. The van der Waals surface area contributed by atoms with Gasteiger partial charge in [-0.15, -0.1) is 0 Å². The molecule has 0 bridgehead atoms. The molecule has 152 valence electrons. The summed E-state index contributed by atoms with van der Waals surface area (Å²) in [5, 5.41) is 3.04. The van der Waals surface area contributed by atoms with Gasteiger partial charge in [0.05, 0.1) is 5.56 Å². The second kappa shape index (κ2) is 10.1. The molecule has 3 aromatic rings. The van der Waals surface area contributed by atoms with Crippen molar-refractivity contribution in [1.29, 1.82) is 0 Å². The van der Waals surface area contributed by atoms with Crippen LogP contribution in [0.5, 0.6) is 0 Å². The van der Waals surface area contributed by atoms with Crippen molar-refractivity contribution in [3.8, 4) is 0 Å². The minimum Gasteiger partial charge on any atom is -0.348 e. The minimum absolute atomic E-state index is 0.0171. The SMILES string of the molecule is Cc1cc(C(=O)NCc2ccc(CN)cc2)c(C)n1CCCCc1ccccc1. The van der Waals surface area contributed by atoms with Crippen LogP contribution < -0.4 is 11.1 Å². The number of rotatable bonds is 9. The second-order valence-corrected chi connectivity index (χ2v) is 7.58. The zero-order chi connectivity index (χ0) is 20.6. The number of carbonyl (C=O) groups is 1. The van der Waals surface area contributed by atoms with Crippen molar-refractivity contribution < 1.29 is 4.79 Å². The molecule has 0 aliphatic heterocycles. The maximum atomic E-state index is 12.7. The van der Waals surface area contributed by atoms with Crippen LogP contribution in [-0.2, 0) is 26.1 Å². The van der Waals surface area contributed by atoms with E-state index >= 15 is 0 Å². The Morgan fingerprint density at radius 2 is 1.62 bits per heavy atom. The van der Waals surface area contributed by atoms with Crippen LogP contribution in [0, 0.1) is 13.8 Å². The van der Waals surface area contributed by atoms with E-state index in [1.807, 2.05) is 37.3 Å². The van der Waals surface area contributed by atoms with Gasteiger partial charge in [-0.25, -0.2) is 0 Å². The van der Waals surface area contributed by atoms with Gasteiger partial charge in [0.15, 0.2) is 0 Å². The molecule has 0 aliphatic carbocycles. The monoisotopic (exact) mass is 389 g/mol. The highest BCUT2D eigenvalue weighted by Gasteiger charge is 2.15. The zero-order valence-corrected chi connectivity index (χ0v) is 17.4. The van der Waals surface area contributed by atoms with Crippen LogP contribution in [0.3, 0.4) is 0 Å². The maximum absolute atomic E-state index is 12.7. The first kappa shape index (κ1) is 20.9. The third-order valence-corrected chi connectivity index (χ3v) is 5.47.